The van der Waals surface area contributed by atoms with Gasteiger partial charge in [-0.05, 0) is 105 Å². The summed E-state index contributed by atoms with van der Waals surface area (Å²) in [4.78, 5) is 2.39. The monoisotopic (exact) mass is 692 g/mol. The molecule has 0 aliphatic heterocycles. The highest BCUT2D eigenvalue weighted by atomic mass is 32.1. The number of aromatic nitrogens is 1. The van der Waals surface area contributed by atoms with Crippen LogP contribution in [-0.4, -0.2) is 4.57 Å². The van der Waals surface area contributed by atoms with Crippen LogP contribution in [-0.2, 0) is 0 Å². The highest BCUT2D eigenvalue weighted by Gasteiger charge is 2.18. The largest absolute Gasteiger partial charge is 0.310 e. The molecule has 9 aromatic carbocycles. The average Bonchev–Trinajstić information content (AvgIpc) is 3.75. The molecule has 2 heterocycles. The second kappa shape index (κ2) is 11.9. The number of fused-ring (bicyclic) bond motifs is 8. The molecule has 11 rings (SSSR count). The van der Waals surface area contributed by atoms with Gasteiger partial charge in [-0.1, -0.05) is 121 Å². The molecule has 0 amide bonds. The van der Waals surface area contributed by atoms with E-state index < -0.39 is 0 Å². The van der Waals surface area contributed by atoms with E-state index in [-0.39, 0.29) is 0 Å². The molecule has 0 atom stereocenters. The Kier molecular flexibility index (Phi) is 6.76. The van der Waals surface area contributed by atoms with Crippen molar-refractivity contribution in [3.63, 3.8) is 0 Å². The lowest BCUT2D eigenvalue weighted by atomic mass is 9.98. The van der Waals surface area contributed by atoms with Crippen molar-refractivity contribution < 1.29 is 0 Å². The Morgan fingerprint density at radius 2 is 0.962 bits per heavy atom. The summed E-state index contributed by atoms with van der Waals surface area (Å²) in [6, 6.07) is 71.0. The summed E-state index contributed by atoms with van der Waals surface area (Å²) in [6.07, 6.45) is 0. The summed E-state index contributed by atoms with van der Waals surface area (Å²) in [5.74, 6) is 0. The number of hydrogen-bond acceptors (Lipinski definition) is 2. The zero-order chi connectivity index (χ0) is 34.9. The Morgan fingerprint density at radius 1 is 0.358 bits per heavy atom. The van der Waals surface area contributed by atoms with Gasteiger partial charge in [0, 0.05) is 53.7 Å². The van der Waals surface area contributed by atoms with Gasteiger partial charge in [-0.25, -0.2) is 0 Å². The molecule has 0 bridgehead atoms. The van der Waals surface area contributed by atoms with Crippen molar-refractivity contribution in [2.75, 3.05) is 4.90 Å². The van der Waals surface area contributed by atoms with Crippen LogP contribution in [0.3, 0.4) is 0 Å². The van der Waals surface area contributed by atoms with Gasteiger partial charge in [-0.3, -0.25) is 0 Å². The molecular weight excluding hydrogens is 661 g/mol. The molecule has 0 saturated carbocycles. The minimum atomic E-state index is 1.11. The Morgan fingerprint density at radius 3 is 1.77 bits per heavy atom. The standard InChI is InChI=1S/C50H32N2S/c1-2-12-36-31-48-46(30-35(36)11-1)43-15-5-7-18-47(43)52(48)39-26-24-38(25-27-39)51(40-28-29-45-44-16-6-8-19-49(44)53-50(45)32-40)37-22-20-34(21-23-37)42-17-9-13-33-10-3-4-14-41(33)42/h1-32H. The molecule has 3 heteroatoms. The van der Waals surface area contributed by atoms with Crippen molar-refractivity contribution in [1.29, 1.82) is 0 Å². The first-order valence-corrected chi connectivity index (χ1v) is 18.9. The topological polar surface area (TPSA) is 8.17 Å². The van der Waals surface area contributed by atoms with Gasteiger partial charge in [0.1, 0.15) is 0 Å². The SMILES string of the molecule is c1ccc2cc3c(cc2c1)c1ccccc1n3-c1ccc(N(c2ccc(-c3cccc4ccccc34)cc2)c2ccc3c(c2)sc2ccccc23)cc1. The highest BCUT2D eigenvalue weighted by molar-refractivity contribution is 7.25. The van der Waals surface area contributed by atoms with Gasteiger partial charge < -0.3 is 9.47 Å². The van der Waals surface area contributed by atoms with Crippen LogP contribution in [0.5, 0.6) is 0 Å². The lowest BCUT2D eigenvalue weighted by Gasteiger charge is -2.26. The predicted molar refractivity (Wildman–Crippen MR) is 229 cm³/mol. The van der Waals surface area contributed by atoms with E-state index in [2.05, 4.69) is 204 Å². The summed E-state index contributed by atoms with van der Waals surface area (Å²) >= 11 is 1.86. The fourth-order valence-electron chi connectivity index (χ4n) is 8.25. The number of benzene rings is 9. The van der Waals surface area contributed by atoms with E-state index in [4.69, 9.17) is 0 Å². The maximum absolute atomic E-state index is 2.41. The zero-order valence-corrected chi connectivity index (χ0v) is 29.6. The number of anilines is 3. The maximum Gasteiger partial charge on any atom is 0.0547 e. The Balaban J connectivity index is 1.06. The predicted octanol–water partition coefficient (Wildman–Crippen LogP) is 14.6. The van der Waals surface area contributed by atoms with E-state index in [9.17, 15) is 0 Å². The fourth-order valence-corrected chi connectivity index (χ4v) is 9.39. The van der Waals surface area contributed by atoms with Crippen LogP contribution in [0, 0.1) is 0 Å². The third kappa shape index (κ3) is 4.86. The van der Waals surface area contributed by atoms with Crippen molar-refractivity contribution in [3.05, 3.63) is 194 Å². The first kappa shape index (κ1) is 30.0. The van der Waals surface area contributed by atoms with Crippen molar-refractivity contribution in [2.24, 2.45) is 0 Å². The summed E-state index contributed by atoms with van der Waals surface area (Å²) in [7, 11) is 0. The van der Waals surface area contributed by atoms with Crippen LogP contribution in [0.2, 0.25) is 0 Å². The second-order valence-corrected chi connectivity index (χ2v) is 14.9. The van der Waals surface area contributed by atoms with Gasteiger partial charge in [0.25, 0.3) is 0 Å². The number of rotatable bonds is 5. The maximum atomic E-state index is 2.41. The molecule has 2 nitrogen and oxygen atoms in total. The van der Waals surface area contributed by atoms with Gasteiger partial charge in [-0.15, -0.1) is 11.3 Å². The van der Waals surface area contributed by atoms with Crippen molar-refractivity contribution in [2.45, 2.75) is 0 Å². The molecule has 0 unspecified atom stereocenters. The first-order chi connectivity index (χ1) is 26.3. The molecule has 0 radical (unpaired) electrons. The second-order valence-electron chi connectivity index (χ2n) is 13.8. The summed E-state index contributed by atoms with van der Waals surface area (Å²) in [6.45, 7) is 0. The first-order valence-electron chi connectivity index (χ1n) is 18.1. The molecule has 0 spiro atoms. The van der Waals surface area contributed by atoms with E-state index in [1.54, 1.807) is 0 Å². The molecule has 0 N–H and O–H groups in total. The molecule has 0 aliphatic carbocycles. The Bertz CT molecular complexity index is 3160. The molecular formula is C50H32N2S. The van der Waals surface area contributed by atoms with Gasteiger partial charge in [0.05, 0.1) is 11.0 Å². The van der Waals surface area contributed by atoms with E-state index in [0.717, 1.165) is 22.7 Å². The van der Waals surface area contributed by atoms with Crippen LogP contribution in [0.1, 0.15) is 0 Å². The minimum Gasteiger partial charge on any atom is -0.310 e. The third-order valence-electron chi connectivity index (χ3n) is 10.8. The normalized spacial score (nSPS) is 11.8. The number of thiophene rings is 1. The van der Waals surface area contributed by atoms with Crippen LogP contribution < -0.4 is 4.90 Å². The van der Waals surface area contributed by atoms with E-state index in [1.165, 1.54) is 74.6 Å². The van der Waals surface area contributed by atoms with Gasteiger partial charge >= 0.3 is 0 Å². The van der Waals surface area contributed by atoms with Gasteiger partial charge in [0.15, 0.2) is 0 Å². The molecule has 2 aromatic heterocycles. The van der Waals surface area contributed by atoms with Crippen molar-refractivity contribution >= 4 is 91.9 Å². The van der Waals surface area contributed by atoms with E-state index in [0.29, 0.717) is 0 Å². The number of para-hydroxylation sites is 1. The Hall–Kier alpha value is -6.68. The van der Waals surface area contributed by atoms with Crippen LogP contribution in [0.25, 0.3) is 80.3 Å². The molecule has 0 fully saturated rings. The molecule has 0 aliphatic rings. The third-order valence-corrected chi connectivity index (χ3v) is 11.9. The molecule has 248 valence electrons. The smallest absolute Gasteiger partial charge is 0.0547 e. The summed E-state index contributed by atoms with van der Waals surface area (Å²) in [5, 5.41) is 10.2. The summed E-state index contributed by atoms with van der Waals surface area (Å²) in [5.41, 5.74) is 9.38. The highest BCUT2D eigenvalue weighted by Crippen LogP contribution is 2.42. The van der Waals surface area contributed by atoms with Crippen molar-refractivity contribution in [1.82, 2.24) is 4.57 Å². The lowest BCUT2D eigenvalue weighted by molar-refractivity contribution is 1.17. The zero-order valence-electron chi connectivity index (χ0n) is 28.8. The number of hydrogen-bond donors (Lipinski definition) is 0. The molecule has 0 saturated heterocycles. The van der Waals surface area contributed by atoms with Crippen molar-refractivity contribution in [3.8, 4) is 16.8 Å². The lowest BCUT2D eigenvalue weighted by Crippen LogP contribution is -2.10. The van der Waals surface area contributed by atoms with Crippen LogP contribution >= 0.6 is 11.3 Å². The molecule has 53 heavy (non-hydrogen) atoms. The van der Waals surface area contributed by atoms with Gasteiger partial charge in [-0.2, -0.15) is 0 Å². The minimum absolute atomic E-state index is 1.11. The molecule has 11 aromatic rings. The van der Waals surface area contributed by atoms with E-state index in [1.807, 2.05) is 11.3 Å². The number of nitrogens with zero attached hydrogens (tertiary/aromatic N) is 2. The van der Waals surface area contributed by atoms with E-state index >= 15 is 0 Å². The quantitative estimate of drug-likeness (QED) is 0.174. The van der Waals surface area contributed by atoms with Gasteiger partial charge in [0.2, 0.25) is 0 Å². The fraction of sp³-hybridized carbons (Fsp3) is 0. The average molecular weight is 693 g/mol. The summed E-state index contributed by atoms with van der Waals surface area (Å²) < 4.78 is 5.01. The van der Waals surface area contributed by atoms with Crippen LogP contribution in [0.4, 0.5) is 17.1 Å². The Labute approximate surface area is 311 Å². The van der Waals surface area contributed by atoms with Crippen LogP contribution in [0.15, 0.2) is 194 Å².